The first-order valence-electron chi connectivity index (χ1n) is 10.0. The third-order valence-electron chi connectivity index (χ3n) is 4.80. The molecule has 6 nitrogen and oxygen atoms in total. The normalized spacial score (nSPS) is 14.7. The van der Waals surface area contributed by atoms with Gasteiger partial charge in [0, 0.05) is 43.5 Å². The molecule has 0 aliphatic carbocycles. The molecule has 2 aromatic carbocycles. The Bertz CT molecular complexity index is 891. The first-order valence-corrected chi connectivity index (χ1v) is 10.0. The number of piperazine rings is 1. The molecule has 1 aliphatic heterocycles. The van der Waals surface area contributed by atoms with Crippen LogP contribution in [0, 0.1) is 5.82 Å². The fraction of sp³-hybridized carbons (Fsp3) is 0.304. The smallest absolute Gasteiger partial charge is 0.246 e. The van der Waals surface area contributed by atoms with E-state index in [9.17, 15) is 14.0 Å². The van der Waals surface area contributed by atoms with Gasteiger partial charge in [-0.05, 0) is 43.3 Å². The van der Waals surface area contributed by atoms with Crippen LogP contribution in [0.3, 0.4) is 0 Å². The number of hydrogen-bond acceptors (Lipinski definition) is 4. The van der Waals surface area contributed by atoms with E-state index >= 15 is 0 Å². The standard InChI is InChI=1S/C23H26FN3O3/c1-2-30-21-6-4-3-5-18(21)7-12-23(29)27-15-13-26(14-16-27)17-22(28)25-20-10-8-19(24)9-11-20/h3-12H,2,13-17H2,1H3,(H,25,28)/b12-7+. The van der Waals surface area contributed by atoms with Crippen LogP contribution in [0.25, 0.3) is 6.08 Å². The molecule has 2 amide bonds. The monoisotopic (exact) mass is 411 g/mol. The highest BCUT2D eigenvalue weighted by molar-refractivity contribution is 5.93. The SMILES string of the molecule is CCOc1ccccc1/C=C/C(=O)N1CCN(CC(=O)Nc2ccc(F)cc2)CC1. The molecule has 30 heavy (non-hydrogen) atoms. The fourth-order valence-corrected chi connectivity index (χ4v) is 3.23. The summed E-state index contributed by atoms with van der Waals surface area (Å²) < 4.78 is 18.5. The maximum Gasteiger partial charge on any atom is 0.246 e. The van der Waals surface area contributed by atoms with Crippen LogP contribution in [0.1, 0.15) is 12.5 Å². The summed E-state index contributed by atoms with van der Waals surface area (Å²) in [5.41, 5.74) is 1.43. The number of carbonyl (C=O) groups is 2. The highest BCUT2D eigenvalue weighted by atomic mass is 19.1. The number of amides is 2. The zero-order chi connectivity index (χ0) is 21.3. The van der Waals surface area contributed by atoms with Crippen LogP contribution in [-0.2, 0) is 9.59 Å². The van der Waals surface area contributed by atoms with Gasteiger partial charge in [0.15, 0.2) is 0 Å². The molecule has 1 saturated heterocycles. The molecule has 158 valence electrons. The van der Waals surface area contributed by atoms with Gasteiger partial charge in [-0.25, -0.2) is 4.39 Å². The second-order valence-corrected chi connectivity index (χ2v) is 6.96. The van der Waals surface area contributed by atoms with Crippen molar-refractivity contribution in [2.24, 2.45) is 0 Å². The Kier molecular flexibility index (Phi) is 7.57. The summed E-state index contributed by atoms with van der Waals surface area (Å²) in [5, 5.41) is 2.75. The molecule has 2 aromatic rings. The molecule has 1 N–H and O–H groups in total. The molecule has 0 aromatic heterocycles. The molecule has 0 radical (unpaired) electrons. The summed E-state index contributed by atoms with van der Waals surface area (Å²) in [6, 6.07) is 13.3. The lowest BCUT2D eigenvalue weighted by Gasteiger charge is -2.33. The number of nitrogens with zero attached hydrogens (tertiary/aromatic N) is 2. The first-order chi connectivity index (χ1) is 14.5. The number of nitrogens with one attached hydrogen (secondary N) is 1. The number of halogens is 1. The Morgan fingerprint density at radius 3 is 2.47 bits per heavy atom. The van der Waals surface area contributed by atoms with Gasteiger partial charge in [0.25, 0.3) is 0 Å². The number of anilines is 1. The van der Waals surface area contributed by atoms with E-state index in [4.69, 9.17) is 4.74 Å². The molecule has 0 unspecified atom stereocenters. The zero-order valence-electron chi connectivity index (χ0n) is 17.0. The number of ether oxygens (including phenoxy) is 1. The van der Waals surface area contributed by atoms with Crippen molar-refractivity contribution in [3.8, 4) is 5.75 Å². The Labute approximate surface area is 175 Å². The summed E-state index contributed by atoms with van der Waals surface area (Å²) in [4.78, 5) is 28.5. The quantitative estimate of drug-likeness (QED) is 0.712. The minimum atomic E-state index is -0.343. The van der Waals surface area contributed by atoms with Gasteiger partial charge in [0.05, 0.1) is 13.2 Å². The molecular weight excluding hydrogens is 385 g/mol. The second-order valence-electron chi connectivity index (χ2n) is 6.96. The minimum Gasteiger partial charge on any atom is -0.493 e. The van der Waals surface area contributed by atoms with Gasteiger partial charge in [0.1, 0.15) is 11.6 Å². The largest absolute Gasteiger partial charge is 0.493 e. The molecular formula is C23H26FN3O3. The van der Waals surface area contributed by atoms with Gasteiger partial charge < -0.3 is 15.0 Å². The maximum atomic E-state index is 12.9. The van der Waals surface area contributed by atoms with Crippen molar-refractivity contribution in [2.45, 2.75) is 6.92 Å². The van der Waals surface area contributed by atoms with Crippen molar-refractivity contribution in [1.82, 2.24) is 9.80 Å². The zero-order valence-corrected chi connectivity index (χ0v) is 17.0. The fourth-order valence-electron chi connectivity index (χ4n) is 3.23. The Balaban J connectivity index is 1.46. The number of rotatable bonds is 7. The number of hydrogen-bond donors (Lipinski definition) is 1. The predicted octanol–water partition coefficient (Wildman–Crippen LogP) is 3.02. The third-order valence-corrected chi connectivity index (χ3v) is 4.80. The van der Waals surface area contributed by atoms with Gasteiger partial charge in [-0.1, -0.05) is 18.2 Å². The lowest BCUT2D eigenvalue weighted by atomic mass is 10.2. The van der Waals surface area contributed by atoms with Crippen LogP contribution in [0.5, 0.6) is 5.75 Å². The molecule has 0 atom stereocenters. The molecule has 1 fully saturated rings. The summed E-state index contributed by atoms with van der Waals surface area (Å²) in [5.74, 6) is 0.191. The van der Waals surface area contributed by atoms with E-state index in [0.717, 1.165) is 11.3 Å². The van der Waals surface area contributed by atoms with Crippen LogP contribution in [-0.4, -0.2) is 60.9 Å². The second kappa shape index (κ2) is 10.5. The molecule has 3 rings (SSSR count). The average molecular weight is 411 g/mol. The highest BCUT2D eigenvalue weighted by Crippen LogP contribution is 2.19. The van der Waals surface area contributed by atoms with Crippen LogP contribution in [0.15, 0.2) is 54.6 Å². The molecule has 0 spiro atoms. The van der Waals surface area contributed by atoms with Crippen LogP contribution >= 0.6 is 0 Å². The topological polar surface area (TPSA) is 61.9 Å². The number of benzene rings is 2. The van der Waals surface area contributed by atoms with E-state index in [1.165, 1.54) is 24.3 Å². The molecule has 0 bridgehead atoms. The lowest BCUT2D eigenvalue weighted by Crippen LogP contribution is -2.50. The number of para-hydroxylation sites is 1. The van der Waals surface area contributed by atoms with Crippen molar-refractivity contribution in [3.05, 3.63) is 66.0 Å². The Morgan fingerprint density at radius 2 is 1.77 bits per heavy atom. The van der Waals surface area contributed by atoms with Crippen molar-refractivity contribution in [1.29, 1.82) is 0 Å². The molecule has 1 heterocycles. The van der Waals surface area contributed by atoms with E-state index < -0.39 is 0 Å². The third kappa shape index (κ3) is 6.15. The van der Waals surface area contributed by atoms with E-state index in [1.54, 1.807) is 17.1 Å². The van der Waals surface area contributed by atoms with E-state index in [0.29, 0.717) is 38.5 Å². The molecule has 0 saturated carbocycles. The van der Waals surface area contributed by atoms with E-state index in [2.05, 4.69) is 5.32 Å². The summed E-state index contributed by atoms with van der Waals surface area (Å²) in [6.07, 6.45) is 3.34. The van der Waals surface area contributed by atoms with Gasteiger partial charge in [-0.15, -0.1) is 0 Å². The Hall–Kier alpha value is -3.19. The summed E-state index contributed by atoms with van der Waals surface area (Å²) in [6.45, 7) is 5.07. The van der Waals surface area contributed by atoms with Crippen LogP contribution in [0.2, 0.25) is 0 Å². The minimum absolute atomic E-state index is 0.0586. The van der Waals surface area contributed by atoms with Crippen molar-refractivity contribution >= 4 is 23.6 Å². The predicted molar refractivity (Wildman–Crippen MR) is 115 cm³/mol. The van der Waals surface area contributed by atoms with Gasteiger partial charge in [0.2, 0.25) is 11.8 Å². The van der Waals surface area contributed by atoms with Gasteiger partial charge in [-0.3, -0.25) is 14.5 Å². The van der Waals surface area contributed by atoms with Crippen molar-refractivity contribution < 1.29 is 18.7 Å². The van der Waals surface area contributed by atoms with Gasteiger partial charge in [-0.2, -0.15) is 0 Å². The van der Waals surface area contributed by atoms with Crippen molar-refractivity contribution in [3.63, 3.8) is 0 Å². The van der Waals surface area contributed by atoms with E-state index in [-0.39, 0.29) is 24.2 Å². The molecule has 7 heteroatoms. The first kappa shape index (κ1) is 21.5. The van der Waals surface area contributed by atoms with Crippen LogP contribution in [0.4, 0.5) is 10.1 Å². The van der Waals surface area contributed by atoms with Gasteiger partial charge >= 0.3 is 0 Å². The summed E-state index contributed by atoms with van der Waals surface area (Å²) >= 11 is 0. The van der Waals surface area contributed by atoms with E-state index in [1.807, 2.05) is 36.1 Å². The summed E-state index contributed by atoms with van der Waals surface area (Å²) in [7, 11) is 0. The molecule has 1 aliphatic rings. The number of carbonyl (C=O) groups excluding carboxylic acids is 2. The van der Waals surface area contributed by atoms with Crippen LogP contribution < -0.4 is 10.1 Å². The average Bonchev–Trinajstić information content (AvgIpc) is 2.75. The van der Waals surface area contributed by atoms with Crippen molar-refractivity contribution in [2.75, 3.05) is 44.6 Å². The lowest BCUT2D eigenvalue weighted by molar-refractivity contribution is -0.127. The maximum absolute atomic E-state index is 12.9. The highest BCUT2D eigenvalue weighted by Gasteiger charge is 2.21. The Morgan fingerprint density at radius 1 is 1.07 bits per heavy atom.